The van der Waals surface area contributed by atoms with Crippen LogP contribution in [0.5, 0.6) is 5.75 Å². The van der Waals surface area contributed by atoms with E-state index < -0.39 is 15.7 Å². The molecule has 0 spiro atoms. The maximum Gasteiger partial charge on any atom is 0.262 e. The number of ether oxygens (including phenoxy) is 1. The average Bonchev–Trinajstić information content (AvgIpc) is 2.54. The molecule has 24 heavy (non-hydrogen) atoms. The minimum absolute atomic E-state index is 0.0588. The second-order valence-corrected chi connectivity index (χ2v) is 7.90. The van der Waals surface area contributed by atoms with Crippen molar-refractivity contribution in [3.05, 3.63) is 52.5 Å². The van der Waals surface area contributed by atoms with Gasteiger partial charge in [-0.15, -0.1) is 0 Å². The average molecular weight is 388 g/mol. The highest BCUT2D eigenvalue weighted by atomic mass is 35.5. The molecule has 0 bridgehead atoms. The highest BCUT2D eigenvalue weighted by Crippen LogP contribution is 2.27. The van der Waals surface area contributed by atoms with Crippen molar-refractivity contribution in [3.63, 3.8) is 0 Å². The van der Waals surface area contributed by atoms with E-state index >= 15 is 0 Å². The number of benzene rings is 2. The number of anilines is 1. The number of amides is 1. The van der Waals surface area contributed by atoms with Gasteiger partial charge in [-0.05, 0) is 30.3 Å². The molecule has 5 nitrogen and oxygen atoms in total. The van der Waals surface area contributed by atoms with E-state index in [-0.39, 0.29) is 28.0 Å². The molecule has 0 aliphatic rings. The molecule has 0 atom stereocenters. The van der Waals surface area contributed by atoms with E-state index in [0.717, 1.165) is 0 Å². The minimum atomic E-state index is -3.44. The van der Waals surface area contributed by atoms with Crippen molar-refractivity contribution in [1.82, 2.24) is 0 Å². The van der Waals surface area contributed by atoms with E-state index in [1.165, 1.54) is 18.2 Å². The molecule has 1 amide bonds. The molecule has 0 aliphatic heterocycles. The number of nitrogens with one attached hydrogen (secondary N) is 1. The number of halogens is 2. The minimum Gasteiger partial charge on any atom is -0.482 e. The molecular formula is C16H15Cl2NO4S. The Morgan fingerprint density at radius 1 is 1.17 bits per heavy atom. The maximum atomic E-state index is 12.0. The third-order valence-electron chi connectivity index (χ3n) is 3.13. The van der Waals surface area contributed by atoms with Gasteiger partial charge < -0.3 is 10.1 Å². The van der Waals surface area contributed by atoms with Gasteiger partial charge in [0.2, 0.25) is 0 Å². The molecule has 0 unspecified atom stereocenters. The van der Waals surface area contributed by atoms with Crippen LogP contribution in [0.15, 0.2) is 47.4 Å². The van der Waals surface area contributed by atoms with Gasteiger partial charge in [0.1, 0.15) is 5.75 Å². The van der Waals surface area contributed by atoms with Crippen molar-refractivity contribution in [3.8, 4) is 5.75 Å². The molecule has 1 N–H and O–H groups in total. The summed E-state index contributed by atoms with van der Waals surface area (Å²) in [6.45, 7) is 1.22. The van der Waals surface area contributed by atoms with Crippen LogP contribution in [-0.2, 0) is 14.6 Å². The molecule has 0 saturated heterocycles. The van der Waals surface area contributed by atoms with Crippen LogP contribution in [0.3, 0.4) is 0 Å². The van der Waals surface area contributed by atoms with Gasteiger partial charge in [-0.2, -0.15) is 0 Å². The third-order valence-corrected chi connectivity index (χ3v) is 5.45. The molecule has 2 rings (SSSR count). The number of hydrogen-bond acceptors (Lipinski definition) is 4. The number of hydrogen-bond donors (Lipinski definition) is 1. The van der Waals surface area contributed by atoms with Gasteiger partial charge in [0.15, 0.2) is 16.4 Å². The summed E-state index contributed by atoms with van der Waals surface area (Å²) in [5.74, 6) is -0.248. The largest absolute Gasteiger partial charge is 0.482 e. The fraction of sp³-hybridized carbons (Fsp3) is 0.188. The fourth-order valence-corrected chi connectivity index (χ4v) is 3.43. The van der Waals surface area contributed by atoms with E-state index in [2.05, 4.69) is 5.32 Å². The molecule has 0 heterocycles. The standard InChI is InChI=1S/C16H15Cl2NO4S/c1-2-24(21,22)15-6-4-3-5-13(15)19-16(20)10-23-14-8-7-11(17)9-12(14)18/h3-9H,2,10H2,1H3,(H,19,20). The van der Waals surface area contributed by atoms with Crippen LogP contribution >= 0.6 is 23.2 Å². The highest BCUT2D eigenvalue weighted by molar-refractivity contribution is 7.91. The van der Waals surface area contributed by atoms with E-state index in [1.807, 2.05) is 0 Å². The van der Waals surface area contributed by atoms with Gasteiger partial charge >= 0.3 is 0 Å². The topological polar surface area (TPSA) is 72.5 Å². The van der Waals surface area contributed by atoms with E-state index in [0.29, 0.717) is 10.8 Å². The zero-order chi connectivity index (χ0) is 17.7. The van der Waals surface area contributed by atoms with Crippen molar-refractivity contribution in [2.24, 2.45) is 0 Å². The highest BCUT2D eigenvalue weighted by Gasteiger charge is 2.17. The first-order valence-electron chi connectivity index (χ1n) is 7.03. The lowest BCUT2D eigenvalue weighted by molar-refractivity contribution is -0.118. The lowest BCUT2D eigenvalue weighted by atomic mass is 10.3. The predicted octanol–water partition coefficient (Wildman–Crippen LogP) is 3.80. The number of sulfone groups is 1. The Bertz CT molecular complexity index is 853. The van der Waals surface area contributed by atoms with Gasteiger partial charge in [0, 0.05) is 5.02 Å². The molecule has 128 valence electrons. The maximum absolute atomic E-state index is 12.0. The second-order valence-electron chi connectivity index (χ2n) is 4.81. The summed E-state index contributed by atoms with van der Waals surface area (Å²) in [6.07, 6.45) is 0. The third kappa shape index (κ3) is 4.63. The summed E-state index contributed by atoms with van der Waals surface area (Å²) in [4.78, 5) is 12.1. The Kier molecular flexibility index (Phi) is 6.10. The van der Waals surface area contributed by atoms with E-state index in [1.54, 1.807) is 31.2 Å². The van der Waals surface area contributed by atoms with Crippen LogP contribution in [-0.4, -0.2) is 26.7 Å². The van der Waals surface area contributed by atoms with Gasteiger partial charge in [-0.3, -0.25) is 4.79 Å². The van der Waals surface area contributed by atoms with Crippen LogP contribution in [0.25, 0.3) is 0 Å². The lowest BCUT2D eigenvalue weighted by Crippen LogP contribution is -2.21. The number of carbonyl (C=O) groups is 1. The van der Waals surface area contributed by atoms with Crippen LogP contribution in [0.1, 0.15) is 6.92 Å². The Hall–Kier alpha value is -1.76. The van der Waals surface area contributed by atoms with Crippen molar-refractivity contribution < 1.29 is 17.9 Å². The fourth-order valence-electron chi connectivity index (χ4n) is 1.92. The first kappa shape index (κ1) is 18.6. The lowest BCUT2D eigenvalue weighted by Gasteiger charge is -2.12. The first-order valence-corrected chi connectivity index (χ1v) is 9.44. The van der Waals surface area contributed by atoms with Gasteiger partial charge in [-0.1, -0.05) is 42.3 Å². The molecule has 0 saturated carbocycles. The zero-order valence-electron chi connectivity index (χ0n) is 12.8. The van der Waals surface area contributed by atoms with E-state index in [4.69, 9.17) is 27.9 Å². The Balaban J connectivity index is 2.08. The summed E-state index contributed by atoms with van der Waals surface area (Å²) < 4.78 is 29.4. The number of para-hydroxylation sites is 1. The van der Waals surface area contributed by atoms with Gasteiger partial charge in [0.05, 0.1) is 21.4 Å². The second kappa shape index (κ2) is 7.88. The smallest absolute Gasteiger partial charge is 0.262 e. The zero-order valence-corrected chi connectivity index (χ0v) is 15.1. The Morgan fingerprint density at radius 3 is 2.54 bits per heavy atom. The number of rotatable bonds is 6. The molecule has 0 radical (unpaired) electrons. The SMILES string of the molecule is CCS(=O)(=O)c1ccccc1NC(=O)COc1ccc(Cl)cc1Cl. The summed E-state index contributed by atoms with van der Waals surface area (Å²) in [5, 5.41) is 3.28. The molecule has 2 aromatic carbocycles. The normalized spacial score (nSPS) is 11.1. The summed E-state index contributed by atoms with van der Waals surface area (Å²) >= 11 is 11.7. The molecular weight excluding hydrogens is 373 g/mol. The van der Waals surface area contributed by atoms with Crippen LogP contribution in [0, 0.1) is 0 Å². The first-order chi connectivity index (χ1) is 11.3. The van der Waals surface area contributed by atoms with Crippen molar-refractivity contribution in [2.45, 2.75) is 11.8 Å². The predicted molar refractivity (Wildman–Crippen MR) is 94.8 cm³/mol. The van der Waals surface area contributed by atoms with Crippen LogP contribution < -0.4 is 10.1 Å². The monoisotopic (exact) mass is 387 g/mol. The molecule has 0 fully saturated rings. The van der Waals surface area contributed by atoms with E-state index in [9.17, 15) is 13.2 Å². The van der Waals surface area contributed by atoms with Gasteiger partial charge in [0.25, 0.3) is 5.91 Å². The molecule has 0 aromatic heterocycles. The Labute approximate surface area is 150 Å². The van der Waals surface area contributed by atoms with Crippen LogP contribution in [0.2, 0.25) is 10.0 Å². The van der Waals surface area contributed by atoms with Gasteiger partial charge in [-0.25, -0.2) is 8.42 Å². The summed E-state index contributed by atoms with van der Waals surface area (Å²) in [6, 6.07) is 10.8. The quantitative estimate of drug-likeness (QED) is 0.817. The van der Waals surface area contributed by atoms with Crippen LogP contribution in [0.4, 0.5) is 5.69 Å². The van der Waals surface area contributed by atoms with Crippen molar-refractivity contribution >= 4 is 44.6 Å². The van der Waals surface area contributed by atoms with Crippen molar-refractivity contribution in [1.29, 1.82) is 0 Å². The molecule has 2 aromatic rings. The summed E-state index contributed by atoms with van der Waals surface area (Å²) in [7, 11) is -3.44. The summed E-state index contributed by atoms with van der Waals surface area (Å²) in [5.41, 5.74) is 0.218. The van der Waals surface area contributed by atoms with Crippen molar-refractivity contribution in [2.75, 3.05) is 17.7 Å². The number of carbonyl (C=O) groups excluding carboxylic acids is 1. The molecule has 8 heteroatoms. The molecule has 0 aliphatic carbocycles. The Morgan fingerprint density at radius 2 is 1.88 bits per heavy atom.